The summed E-state index contributed by atoms with van der Waals surface area (Å²) in [4.78, 5) is 0. The fourth-order valence-corrected chi connectivity index (χ4v) is 3.29. The lowest BCUT2D eigenvalue weighted by atomic mass is 9.98. The number of aromatic nitrogens is 1. The molecule has 0 aliphatic rings. The first-order chi connectivity index (χ1) is 12.1. The molecule has 0 spiro atoms. The topological polar surface area (TPSA) is 55.9 Å². The summed E-state index contributed by atoms with van der Waals surface area (Å²) in [6.45, 7) is 0. The van der Waals surface area contributed by atoms with Gasteiger partial charge in [0.2, 0.25) is 11.2 Å². The van der Waals surface area contributed by atoms with Gasteiger partial charge in [-0.15, -0.1) is 0 Å². The molecular formula is C21H21BrN3+. The van der Waals surface area contributed by atoms with Gasteiger partial charge in [-0.05, 0) is 42.2 Å². The van der Waals surface area contributed by atoms with Gasteiger partial charge in [-0.3, -0.25) is 0 Å². The van der Waals surface area contributed by atoms with Gasteiger partial charge >= 0.3 is 0 Å². The molecule has 4 aromatic rings. The van der Waals surface area contributed by atoms with E-state index in [4.69, 9.17) is 11.5 Å². The average Bonchev–Trinajstić information content (AvgIpc) is 2.64. The molecule has 0 radical (unpaired) electrons. The van der Waals surface area contributed by atoms with E-state index in [1.807, 2.05) is 36.2 Å². The van der Waals surface area contributed by atoms with Crippen molar-refractivity contribution in [1.29, 1.82) is 0 Å². The number of benzene rings is 3. The van der Waals surface area contributed by atoms with E-state index in [9.17, 15) is 0 Å². The van der Waals surface area contributed by atoms with Crippen molar-refractivity contribution in [3.8, 4) is 11.3 Å². The van der Waals surface area contributed by atoms with E-state index in [2.05, 4.69) is 63.9 Å². The Morgan fingerprint density at radius 3 is 2.00 bits per heavy atom. The van der Waals surface area contributed by atoms with E-state index in [0.717, 1.165) is 33.5 Å². The Bertz CT molecular complexity index is 1040. The molecule has 0 fully saturated rings. The number of aryl methyl sites for hydroxylation is 1. The van der Waals surface area contributed by atoms with E-state index in [-0.39, 0.29) is 0 Å². The predicted molar refractivity (Wildman–Crippen MR) is 112 cm³/mol. The van der Waals surface area contributed by atoms with Crippen LogP contribution in [0.25, 0.3) is 32.9 Å². The number of nitrogen functional groups attached to an aromatic ring is 2. The minimum Gasteiger partial charge on any atom is -0.399 e. The molecule has 3 aromatic carbocycles. The summed E-state index contributed by atoms with van der Waals surface area (Å²) < 4.78 is 2.20. The van der Waals surface area contributed by atoms with Crippen molar-refractivity contribution in [2.45, 2.75) is 0 Å². The molecule has 0 aliphatic carbocycles. The number of nitrogens with zero attached hydrogens (tertiary/aromatic N) is 1. The van der Waals surface area contributed by atoms with Crippen LogP contribution in [0.3, 0.4) is 0 Å². The highest BCUT2D eigenvalue weighted by Gasteiger charge is 2.20. The van der Waals surface area contributed by atoms with Crippen molar-refractivity contribution in [3.05, 3.63) is 66.7 Å². The van der Waals surface area contributed by atoms with Crippen LogP contribution in [0.15, 0.2) is 66.7 Å². The summed E-state index contributed by atoms with van der Waals surface area (Å²) in [6, 6.07) is 22.5. The number of fused-ring (bicyclic) bond motifs is 3. The summed E-state index contributed by atoms with van der Waals surface area (Å²) >= 11 is 2.94. The maximum absolute atomic E-state index is 6.06. The average molecular weight is 395 g/mol. The van der Waals surface area contributed by atoms with Gasteiger partial charge in [0.25, 0.3) is 0 Å². The van der Waals surface area contributed by atoms with Gasteiger partial charge in [-0.2, -0.15) is 4.57 Å². The zero-order valence-electron chi connectivity index (χ0n) is 14.3. The highest BCUT2D eigenvalue weighted by Crippen LogP contribution is 2.32. The van der Waals surface area contributed by atoms with Crippen LogP contribution in [0.4, 0.5) is 11.4 Å². The standard InChI is InChI=1S/C20H17N3.CH3Br/c1-23-19-12-15(22)8-10-17(19)16-9-7-14(21)11-18(16)20(23)13-5-3-2-4-6-13;1-2/h2-12,22H,21H2,1H3;1H3/p+1. The lowest BCUT2D eigenvalue weighted by molar-refractivity contribution is -0.632. The molecule has 4 rings (SSSR count). The third-order valence-corrected chi connectivity index (χ3v) is 4.35. The van der Waals surface area contributed by atoms with E-state index in [1.165, 1.54) is 10.8 Å². The number of rotatable bonds is 1. The van der Waals surface area contributed by atoms with Crippen molar-refractivity contribution in [3.63, 3.8) is 0 Å². The van der Waals surface area contributed by atoms with Crippen molar-refractivity contribution in [2.75, 3.05) is 17.3 Å². The molecule has 4 heteroatoms. The minimum absolute atomic E-state index is 0.766. The van der Waals surface area contributed by atoms with Crippen molar-refractivity contribution in [2.24, 2.45) is 7.05 Å². The summed E-state index contributed by atoms with van der Waals surface area (Å²) in [5.74, 6) is 1.81. The second-order valence-corrected chi connectivity index (χ2v) is 5.86. The third-order valence-electron chi connectivity index (χ3n) is 4.35. The Balaban J connectivity index is 0.000000880. The Labute approximate surface area is 156 Å². The van der Waals surface area contributed by atoms with Crippen LogP contribution >= 0.6 is 15.9 Å². The van der Waals surface area contributed by atoms with Crippen molar-refractivity contribution >= 4 is 49.0 Å². The van der Waals surface area contributed by atoms with Crippen LogP contribution in [0.2, 0.25) is 0 Å². The number of nitrogens with two attached hydrogens (primary N) is 2. The van der Waals surface area contributed by atoms with Gasteiger partial charge in [0.05, 0.1) is 10.8 Å². The lowest BCUT2D eigenvalue weighted by Crippen LogP contribution is -2.32. The van der Waals surface area contributed by atoms with Crippen molar-refractivity contribution in [1.82, 2.24) is 0 Å². The Hall–Kier alpha value is -2.59. The lowest BCUT2D eigenvalue weighted by Gasteiger charge is -2.10. The van der Waals surface area contributed by atoms with Crippen LogP contribution in [0.5, 0.6) is 0 Å². The maximum atomic E-state index is 6.06. The van der Waals surface area contributed by atoms with Crippen molar-refractivity contribution < 1.29 is 4.57 Å². The molecular weight excluding hydrogens is 374 g/mol. The molecule has 1 aromatic heterocycles. The van der Waals surface area contributed by atoms with E-state index in [0.29, 0.717) is 0 Å². The highest BCUT2D eigenvalue weighted by molar-refractivity contribution is 9.08. The fraction of sp³-hybridized carbons (Fsp3) is 0.0952. The quantitative estimate of drug-likeness (QED) is 0.213. The Morgan fingerprint density at radius 1 is 0.720 bits per heavy atom. The molecule has 0 aliphatic heterocycles. The smallest absolute Gasteiger partial charge is 0.220 e. The molecule has 0 amide bonds. The summed E-state index contributed by atoms with van der Waals surface area (Å²) in [7, 11) is 2.08. The molecule has 4 N–H and O–H groups in total. The van der Waals surface area contributed by atoms with Gasteiger partial charge in [-0.1, -0.05) is 40.2 Å². The van der Waals surface area contributed by atoms with Gasteiger partial charge in [-0.25, -0.2) is 0 Å². The maximum Gasteiger partial charge on any atom is 0.220 e. The van der Waals surface area contributed by atoms with Crippen LogP contribution in [0, 0.1) is 0 Å². The molecule has 0 atom stereocenters. The number of hydrogen-bond donors (Lipinski definition) is 2. The molecule has 3 nitrogen and oxygen atoms in total. The molecule has 0 unspecified atom stereocenters. The molecule has 126 valence electrons. The number of anilines is 2. The second kappa shape index (κ2) is 7.11. The predicted octanol–water partition coefficient (Wildman–Crippen LogP) is 4.66. The van der Waals surface area contributed by atoms with Crippen LogP contribution in [0.1, 0.15) is 0 Å². The number of alkyl halides is 1. The van der Waals surface area contributed by atoms with Gasteiger partial charge in [0.15, 0.2) is 0 Å². The number of halogens is 1. The SMILES string of the molecule is CBr.C[n+]1c(-c2ccccc2)c2cc(N)ccc2c2ccc(N)cc21. The van der Waals surface area contributed by atoms with Crippen LogP contribution in [-0.4, -0.2) is 5.83 Å². The Kier molecular flexibility index (Phi) is 4.91. The molecule has 0 saturated carbocycles. The zero-order chi connectivity index (χ0) is 18.0. The van der Waals surface area contributed by atoms with E-state index >= 15 is 0 Å². The monoisotopic (exact) mass is 394 g/mol. The highest BCUT2D eigenvalue weighted by atomic mass is 79.9. The normalized spacial score (nSPS) is 10.5. The summed E-state index contributed by atoms with van der Waals surface area (Å²) in [6.07, 6.45) is 0. The van der Waals surface area contributed by atoms with Gasteiger partial charge < -0.3 is 11.5 Å². The Morgan fingerprint density at radius 2 is 1.32 bits per heavy atom. The second-order valence-electron chi connectivity index (χ2n) is 5.86. The molecule has 25 heavy (non-hydrogen) atoms. The fourth-order valence-electron chi connectivity index (χ4n) is 3.29. The summed E-state index contributed by atoms with van der Waals surface area (Å²) in [5, 5.41) is 3.51. The summed E-state index contributed by atoms with van der Waals surface area (Å²) in [5.41, 5.74) is 17.0. The number of hydrogen-bond acceptors (Lipinski definition) is 2. The first-order valence-corrected chi connectivity index (χ1v) is 9.57. The van der Waals surface area contributed by atoms with Crippen LogP contribution in [-0.2, 0) is 7.05 Å². The third kappa shape index (κ3) is 3.05. The molecule has 1 heterocycles. The van der Waals surface area contributed by atoms with Gasteiger partial charge in [0, 0.05) is 28.4 Å². The first kappa shape index (κ1) is 17.2. The van der Waals surface area contributed by atoms with Gasteiger partial charge in [0.1, 0.15) is 7.05 Å². The first-order valence-electron chi connectivity index (χ1n) is 7.99. The number of pyridine rings is 1. The van der Waals surface area contributed by atoms with E-state index < -0.39 is 0 Å². The van der Waals surface area contributed by atoms with Crippen LogP contribution < -0.4 is 16.0 Å². The minimum atomic E-state index is 0.766. The van der Waals surface area contributed by atoms with E-state index in [1.54, 1.807) is 0 Å². The zero-order valence-corrected chi connectivity index (χ0v) is 15.9. The molecule has 0 bridgehead atoms. The molecule has 0 saturated heterocycles. The largest absolute Gasteiger partial charge is 0.399 e.